The van der Waals surface area contributed by atoms with Crippen LogP contribution < -0.4 is 0 Å². The van der Waals surface area contributed by atoms with Gasteiger partial charge >= 0.3 is 0 Å². The van der Waals surface area contributed by atoms with E-state index in [9.17, 15) is 40.9 Å². The van der Waals surface area contributed by atoms with Crippen molar-refractivity contribution in [3.05, 3.63) is 272 Å². The van der Waals surface area contributed by atoms with E-state index in [0.29, 0.717) is 19.3 Å². The number of phenols is 2. The topological polar surface area (TPSA) is 162 Å². The lowest BCUT2D eigenvalue weighted by Crippen LogP contribution is -2.45. The summed E-state index contributed by atoms with van der Waals surface area (Å²) in [5.74, 6) is -2.78. The average molecular weight is 1310 g/mol. The molecule has 0 amide bonds. The Hall–Kier alpha value is -6.68. The quantitative estimate of drug-likeness (QED) is 0.0452. The zero-order valence-electron chi connectivity index (χ0n) is 45.7. The van der Waals surface area contributed by atoms with Gasteiger partial charge in [0.05, 0.1) is 18.8 Å². The Kier molecular flexibility index (Phi) is 15.5. The summed E-state index contributed by atoms with van der Waals surface area (Å²) in [6.07, 6.45) is 33.2. The van der Waals surface area contributed by atoms with Crippen LogP contribution in [0.3, 0.4) is 0 Å². The van der Waals surface area contributed by atoms with Crippen LogP contribution in [0.2, 0.25) is 0 Å². The molecule has 0 aliphatic heterocycles. The number of phenolic OH excluding ortho intramolecular Hbond substituents is 2. The highest BCUT2D eigenvalue weighted by Crippen LogP contribution is 2.57. The largest absolute Gasteiger partial charge is 0.508 e. The molecular formula is C72H66I2O8. The van der Waals surface area contributed by atoms with Crippen molar-refractivity contribution in [2.45, 2.75) is 69.5 Å². The average Bonchev–Trinajstić information content (AvgIpc) is 2.29. The lowest BCUT2D eigenvalue weighted by atomic mass is 9.57. The van der Waals surface area contributed by atoms with Crippen LogP contribution in [0, 0.1) is 46.0 Å². The number of aromatic hydroxyl groups is 2. The minimum atomic E-state index is -0.890. The van der Waals surface area contributed by atoms with Gasteiger partial charge in [0.1, 0.15) is 28.8 Å². The number of aliphatic hydroxyl groups excluding tert-OH is 6. The fourth-order valence-corrected chi connectivity index (χ4v) is 16.4. The van der Waals surface area contributed by atoms with Gasteiger partial charge in [0.25, 0.3) is 0 Å². The van der Waals surface area contributed by atoms with Gasteiger partial charge in [-0.2, -0.15) is 0 Å². The molecule has 0 aromatic heterocycles. The van der Waals surface area contributed by atoms with Crippen molar-refractivity contribution in [2.75, 3.05) is 6.61 Å². The van der Waals surface area contributed by atoms with Crippen LogP contribution in [0.1, 0.15) is 105 Å². The minimum Gasteiger partial charge on any atom is -0.508 e. The molecule has 82 heavy (non-hydrogen) atoms. The zero-order chi connectivity index (χ0) is 57.2. The Morgan fingerprint density at radius 2 is 1.35 bits per heavy atom. The van der Waals surface area contributed by atoms with Crippen molar-refractivity contribution in [3.8, 4) is 11.5 Å². The number of hydrogen-bond donors (Lipinski definition) is 8. The number of fused-ring (bicyclic) bond motifs is 5. The van der Waals surface area contributed by atoms with Gasteiger partial charge in [-0.1, -0.05) is 129 Å². The van der Waals surface area contributed by atoms with E-state index in [1.54, 1.807) is 48.6 Å². The number of halogens is 2. The van der Waals surface area contributed by atoms with E-state index < -0.39 is 41.8 Å². The van der Waals surface area contributed by atoms with Crippen molar-refractivity contribution >= 4 is 74.2 Å². The molecular weight excluding hydrogens is 1250 g/mol. The Balaban J connectivity index is 1.26. The maximum Gasteiger partial charge on any atom is 0.120 e. The molecule has 0 bridgehead atoms. The monoisotopic (exact) mass is 1310 g/mol. The third kappa shape index (κ3) is 10.2. The summed E-state index contributed by atoms with van der Waals surface area (Å²) in [5.41, 5.74) is 13.9. The first-order valence-electron chi connectivity index (χ1n) is 28.4. The lowest BCUT2D eigenvalue weighted by Gasteiger charge is -2.48. The highest BCUT2D eigenvalue weighted by atomic mass is 127. The molecule has 11 atom stereocenters. The zero-order valence-corrected chi connectivity index (χ0v) is 50.0. The highest BCUT2D eigenvalue weighted by molar-refractivity contribution is 14.1. The molecule has 5 aromatic rings. The Bertz CT molecular complexity index is 3810. The van der Waals surface area contributed by atoms with E-state index in [2.05, 4.69) is 120 Å². The second-order valence-electron chi connectivity index (χ2n) is 23.2. The predicted molar refractivity (Wildman–Crippen MR) is 346 cm³/mol. The first-order valence-corrected chi connectivity index (χ1v) is 30.5. The van der Waals surface area contributed by atoms with Gasteiger partial charge in [0.2, 0.25) is 0 Å². The standard InChI is InChI=1S/C72H66I2O8/c1-4-40-10-24-59(73)68(53(40)6-5-29-75)66(69-55-21-16-50(77)35-43(55)11-25-60(69)74)47-31-46(65(64-39(3)8-9-42-34-49(76)15-20-54(42)64)70-56-19-7-38(2)30-41(56)12-26-61(70)80)32-48(33-47)67(71-57-22-17-51(78)36-44(57)13-27-62(71)81)72-58-23-18-52(79)37-45(58)14-28-63(72)82/h4-10,12-26,31-38,43,57-58,62-63,65-67,71-72,75-82H,1,11,27-30H2,2-3H3/b6-5-/t38-,43+,57+,58?,62+,63-,65?,66?,67?,71?,72-/m0/s1. The molecule has 0 fully saturated rings. The number of aliphatic hydroxyl groups is 6. The van der Waals surface area contributed by atoms with Crippen molar-refractivity contribution in [1.29, 1.82) is 0 Å². The second-order valence-corrected chi connectivity index (χ2v) is 25.5. The van der Waals surface area contributed by atoms with Crippen molar-refractivity contribution < 1.29 is 40.9 Å². The molecule has 7 aliphatic rings. The first kappa shape index (κ1) is 55.8. The summed E-state index contributed by atoms with van der Waals surface area (Å²) in [7, 11) is 0. The predicted octanol–water partition coefficient (Wildman–Crippen LogP) is 15.9. The molecule has 10 heteroatoms. The van der Waals surface area contributed by atoms with E-state index in [-0.39, 0.29) is 59.1 Å². The SMILES string of the molecule is C=Cc1ccc(I)c(C(C2=C3C=CC(O)=C[C@H]3CC=C2I)c2cc(C(c3c(O)ccc4c3C=C[C@H](C)C4)c3c(C)ccc4cc(O)ccc34)cc(C(C3[C@H](O)CC=C4C=C(O)C=C[C@H]43)[C@H]3C4C=CC(O)=CC4=CC[C@@H]3O)c2)c1/C=C\CO. The number of rotatable bonds is 12. The lowest BCUT2D eigenvalue weighted by molar-refractivity contribution is 0.00584. The Morgan fingerprint density at radius 3 is 2.04 bits per heavy atom. The van der Waals surface area contributed by atoms with Crippen LogP contribution in [-0.4, -0.2) is 59.7 Å². The van der Waals surface area contributed by atoms with Gasteiger partial charge in [-0.15, -0.1) is 0 Å². The molecule has 8 N–H and O–H groups in total. The van der Waals surface area contributed by atoms with Crippen LogP contribution in [-0.2, 0) is 6.42 Å². The number of allylic oxidation sites excluding steroid dienone is 16. The molecule has 8 nitrogen and oxygen atoms in total. The number of benzene rings is 5. The molecule has 7 aliphatic carbocycles. The van der Waals surface area contributed by atoms with Crippen molar-refractivity contribution in [2.24, 2.45) is 35.5 Å². The van der Waals surface area contributed by atoms with Crippen LogP contribution in [0.15, 0.2) is 208 Å². The van der Waals surface area contributed by atoms with Gasteiger partial charge in [-0.3, -0.25) is 0 Å². The summed E-state index contributed by atoms with van der Waals surface area (Å²) in [6, 6.07) is 24.5. The summed E-state index contributed by atoms with van der Waals surface area (Å²) >= 11 is 4.92. The van der Waals surface area contributed by atoms with Crippen LogP contribution in [0.4, 0.5) is 0 Å². The normalized spacial score (nSPS) is 25.6. The number of aryl methyl sites for hydroxylation is 1. The van der Waals surface area contributed by atoms with Crippen molar-refractivity contribution in [1.82, 2.24) is 0 Å². The van der Waals surface area contributed by atoms with E-state index in [1.807, 2.05) is 72.9 Å². The van der Waals surface area contributed by atoms with E-state index in [1.165, 1.54) is 0 Å². The van der Waals surface area contributed by atoms with E-state index >= 15 is 0 Å². The van der Waals surface area contributed by atoms with Gasteiger partial charge in [-0.05, 0) is 239 Å². The second kappa shape index (κ2) is 22.8. The summed E-state index contributed by atoms with van der Waals surface area (Å²) in [5, 5.41) is 95.2. The third-order valence-corrected chi connectivity index (χ3v) is 20.2. The molecule has 416 valence electrons. The molecule has 5 unspecified atom stereocenters. The van der Waals surface area contributed by atoms with Crippen molar-refractivity contribution in [3.63, 3.8) is 0 Å². The van der Waals surface area contributed by atoms with E-state index in [0.717, 1.165) is 108 Å². The first-order chi connectivity index (χ1) is 39.6. The van der Waals surface area contributed by atoms with Gasteiger partial charge in [-0.25, -0.2) is 0 Å². The Labute approximate surface area is 506 Å². The molecule has 5 aromatic carbocycles. The molecule has 0 spiro atoms. The fraction of sp³-hybridized carbons (Fsp3) is 0.250. The molecule has 0 saturated heterocycles. The molecule has 0 heterocycles. The Morgan fingerprint density at radius 1 is 0.671 bits per heavy atom. The molecule has 0 saturated carbocycles. The molecule has 12 rings (SSSR count). The maximum absolute atomic E-state index is 12.9. The van der Waals surface area contributed by atoms with Gasteiger partial charge < -0.3 is 40.9 Å². The van der Waals surface area contributed by atoms with Crippen LogP contribution >= 0.6 is 45.2 Å². The smallest absolute Gasteiger partial charge is 0.120 e. The fourth-order valence-electron chi connectivity index (χ4n) is 14.7. The summed E-state index contributed by atoms with van der Waals surface area (Å²) < 4.78 is 2.01. The van der Waals surface area contributed by atoms with E-state index in [4.69, 9.17) is 0 Å². The molecule has 0 radical (unpaired) electrons. The summed E-state index contributed by atoms with van der Waals surface area (Å²) in [4.78, 5) is 0. The van der Waals surface area contributed by atoms with Gasteiger partial charge in [0.15, 0.2) is 0 Å². The van der Waals surface area contributed by atoms with Gasteiger partial charge in [0, 0.05) is 54.1 Å². The minimum absolute atomic E-state index is 0.126. The number of hydrogen-bond acceptors (Lipinski definition) is 8. The van der Waals surface area contributed by atoms with Crippen LogP contribution in [0.25, 0.3) is 29.0 Å². The maximum atomic E-state index is 12.9. The van der Waals surface area contributed by atoms with Crippen LogP contribution in [0.5, 0.6) is 11.5 Å². The summed E-state index contributed by atoms with van der Waals surface area (Å²) in [6.45, 7) is 8.41. The highest BCUT2D eigenvalue weighted by Gasteiger charge is 2.49. The third-order valence-electron chi connectivity index (χ3n) is 18.2.